The second-order valence-corrected chi connectivity index (χ2v) is 5.26. The summed E-state index contributed by atoms with van der Waals surface area (Å²) in [7, 11) is 3.36. The summed E-state index contributed by atoms with van der Waals surface area (Å²) in [5.74, 6) is 0. The van der Waals surface area contributed by atoms with Crippen molar-refractivity contribution in [3.05, 3.63) is 24.5 Å². The quantitative estimate of drug-likeness (QED) is 0.802. The number of rotatable bonds is 6. The van der Waals surface area contributed by atoms with E-state index < -0.39 is 0 Å². The molecule has 5 heteroatoms. The van der Waals surface area contributed by atoms with Crippen molar-refractivity contribution < 1.29 is 9.47 Å². The highest BCUT2D eigenvalue weighted by Crippen LogP contribution is 2.19. The second kappa shape index (κ2) is 7.57. The Kier molecular flexibility index (Phi) is 5.76. The van der Waals surface area contributed by atoms with Crippen LogP contribution in [0.5, 0.6) is 0 Å². The van der Waals surface area contributed by atoms with Gasteiger partial charge in [-0.1, -0.05) is 0 Å². The zero-order chi connectivity index (χ0) is 14.4. The number of hydrogen-bond donors (Lipinski definition) is 1. The molecule has 1 aromatic heterocycles. The molecule has 0 radical (unpaired) electrons. The largest absolute Gasteiger partial charge is 0.371 e. The molecule has 0 bridgehead atoms. The summed E-state index contributed by atoms with van der Waals surface area (Å²) in [4.78, 5) is 6.48. The van der Waals surface area contributed by atoms with Gasteiger partial charge in [-0.3, -0.25) is 4.98 Å². The van der Waals surface area contributed by atoms with E-state index in [1.165, 1.54) is 5.69 Å². The molecule has 1 aliphatic heterocycles. The maximum absolute atomic E-state index is 5.29. The standard InChI is InChI=1S/C15H25N3O2/c1-12(15(19-2)20-3)17-13-6-10-18(11-7-13)14-4-8-16-9-5-14/h4-5,8-9,12-13,15,17H,6-7,10-11H2,1-3H3. The van der Waals surface area contributed by atoms with Crippen molar-refractivity contribution in [1.29, 1.82) is 0 Å². The van der Waals surface area contributed by atoms with Crippen LogP contribution in [0, 0.1) is 0 Å². The zero-order valence-electron chi connectivity index (χ0n) is 12.6. The van der Waals surface area contributed by atoms with Gasteiger partial charge in [-0.15, -0.1) is 0 Å². The molecule has 1 aliphatic rings. The highest BCUT2D eigenvalue weighted by molar-refractivity contribution is 5.44. The number of methoxy groups -OCH3 is 2. The molecule has 112 valence electrons. The monoisotopic (exact) mass is 279 g/mol. The van der Waals surface area contributed by atoms with E-state index in [9.17, 15) is 0 Å². The van der Waals surface area contributed by atoms with E-state index in [2.05, 4.69) is 34.3 Å². The molecule has 1 saturated heterocycles. The van der Waals surface area contributed by atoms with Gasteiger partial charge in [0.2, 0.25) is 0 Å². The number of piperidine rings is 1. The van der Waals surface area contributed by atoms with Crippen LogP contribution in [0.2, 0.25) is 0 Å². The molecule has 1 fully saturated rings. The minimum atomic E-state index is -0.187. The summed E-state index contributed by atoms with van der Waals surface area (Å²) >= 11 is 0. The predicted octanol–water partition coefficient (Wildman–Crippen LogP) is 1.65. The fraction of sp³-hybridized carbons (Fsp3) is 0.667. The SMILES string of the molecule is COC(OC)C(C)NC1CCN(c2ccncc2)CC1. The molecule has 2 rings (SSSR count). The number of pyridine rings is 1. The van der Waals surface area contributed by atoms with Gasteiger partial charge in [0.25, 0.3) is 0 Å². The van der Waals surface area contributed by atoms with Gasteiger partial charge in [-0.05, 0) is 31.9 Å². The van der Waals surface area contributed by atoms with Crippen molar-refractivity contribution in [3.63, 3.8) is 0 Å². The van der Waals surface area contributed by atoms with Crippen molar-refractivity contribution in [2.24, 2.45) is 0 Å². The van der Waals surface area contributed by atoms with Crippen LogP contribution in [0.3, 0.4) is 0 Å². The van der Waals surface area contributed by atoms with Gasteiger partial charge in [0, 0.05) is 51.4 Å². The third kappa shape index (κ3) is 3.91. The molecule has 0 aliphatic carbocycles. The third-order valence-corrected chi connectivity index (χ3v) is 3.89. The Hall–Kier alpha value is -1.17. The summed E-state index contributed by atoms with van der Waals surface area (Å²) in [5, 5.41) is 3.60. The highest BCUT2D eigenvalue weighted by Gasteiger charge is 2.23. The zero-order valence-corrected chi connectivity index (χ0v) is 12.6. The molecular formula is C15H25N3O2. The normalized spacial score (nSPS) is 18.5. The van der Waals surface area contributed by atoms with Gasteiger partial charge in [-0.2, -0.15) is 0 Å². The molecule has 5 nitrogen and oxygen atoms in total. The summed E-state index contributed by atoms with van der Waals surface area (Å²) in [6.07, 6.45) is 5.78. The maximum Gasteiger partial charge on any atom is 0.171 e. The van der Waals surface area contributed by atoms with Crippen molar-refractivity contribution in [2.45, 2.75) is 38.1 Å². The van der Waals surface area contributed by atoms with E-state index in [0.29, 0.717) is 6.04 Å². The first kappa shape index (κ1) is 15.2. The minimum absolute atomic E-state index is 0.187. The lowest BCUT2D eigenvalue weighted by Crippen LogP contribution is -2.49. The number of ether oxygens (including phenoxy) is 2. The van der Waals surface area contributed by atoms with Gasteiger partial charge in [0.05, 0.1) is 6.04 Å². The van der Waals surface area contributed by atoms with Crippen molar-refractivity contribution in [2.75, 3.05) is 32.2 Å². The van der Waals surface area contributed by atoms with Crippen molar-refractivity contribution in [3.8, 4) is 0 Å². The van der Waals surface area contributed by atoms with Gasteiger partial charge in [-0.25, -0.2) is 0 Å². The maximum atomic E-state index is 5.29. The van der Waals surface area contributed by atoms with Gasteiger partial charge in [0.15, 0.2) is 6.29 Å². The van der Waals surface area contributed by atoms with Crippen LogP contribution in [0.1, 0.15) is 19.8 Å². The first-order valence-corrected chi connectivity index (χ1v) is 7.21. The van der Waals surface area contributed by atoms with Crippen molar-refractivity contribution >= 4 is 5.69 Å². The smallest absolute Gasteiger partial charge is 0.171 e. The molecule has 0 aromatic carbocycles. The van der Waals surface area contributed by atoms with Crippen LogP contribution >= 0.6 is 0 Å². The van der Waals surface area contributed by atoms with E-state index in [0.717, 1.165) is 25.9 Å². The van der Waals surface area contributed by atoms with Crippen LogP contribution in [-0.4, -0.2) is 50.7 Å². The Morgan fingerprint density at radius 1 is 1.20 bits per heavy atom. The van der Waals surface area contributed by atoms with E-state index in [-0.39, 0.29) is 12.3 Å². The Labute approximate surface area is 121 Å². The first-order chi connectivity index (χ1) is 9.74. The molecule has 1 atom stereocenters. The summed E-state index contributed by atoms with van der Waals surface area (Å²) in [5.41, 5.74) is 1.26. The summed E-state index contributed by atoms with van der Waals surface area (Å²) in [6.45, 7) is 4.24. The molecule has 0 amide bonds. The Morgan fingerprint density at radius 2 is 1.80 bits per heavy atom. The second-order valence-electron chi connectivity index (χ2n) is 5.26. The van der Waals surface area contributed by atoms with E-state index in [1.54, 1.807) is 14.2 Å². The number of aromatic nitrogens is 1. The van der Waals surface area contributed by atoms with Crippen LogP contribution in [0.25, 0.3) is 0 Å². The molecule has 0 spiro atoms. The molecule has 1 N–H and O–H groups in total. The predicted molar refractivity (Wildman–Crippen MR) is 79.9 cm³/mol. The number of nitrogens with zero attached hydrogens (tertiary/aromatic N) is 2. The fourth-order valence-corrected chi connectivity index (χ4v) is 2.81. The average molecular weight is 279 g/mol. The average Bonchev–Trinajstić information content (AvgIpc) is 2.50. The first-order valence-electron chi connectivity index (χ1n) is 7.21. The van der Waals surface area contributed by atoms with Crippen LogP contribution < -0.4 is 10.2 Å². The third-order valence-electron chi connectivity index (χ3n) is 3.89. The molecule has 20 heavy (non-hydrogen) atoms. The van der Waals surface area contributed by atoms with Gasteiger partial charge >= 0.3 is 0 Å². The molecule has 1 unspecified atom stereocenters. The molecule has 0 saturated carbocycles. The van der Waals surface area contributed by atoms with Gasteiger partial charge < -0.3 is 19.7 Å². The fourth-order valence-electron chi connectivity index (χ4n) is 2.81. The Balaban J connectivity index is 1.80. The Bertz CT molecular complexity index is 376. The van der Waals surface area contributed by atoms with Crippen LogP contribution in [0.4, 0.5) is 5.69 Å². The summed E-state index contributed by atoms with van der Waals surface area (Å²) in [6, 6.07) is 4.86. The lowest BCUT2D eigenvalue weighted by atomic mass is 10.0. The number of hydrogen-bond acceptors (Lipinski definition) is 5. The lowest BCUT2D eigenvalue weighted by Gasteiger charge is -2.36. The van der Waals surface area contributed by atoms with E-state index >= 15 is 0 Å². The van der Waals surface area contributed by atoms with E-state index in [4.69, 9.17) is 9.47 Å². The number of nitrogens with one attached hydrogen (secondary N) is 1. The minimum Gasteiger partial charge on any atom is -0.371 e. The molecule has 2 heterocycles. The van der Waals surface area contributed by atoms with Crippen molar-refractivity contribution in [1.82, 2.24) is 10.3 Å². The van der Waals surface area contributed by atoms with Crippen LogP contribution in [0.15, 0.2) is 24.5 Å². The summed E-state index contributed by atoms with van der Waals surface area (Å²) < 4.78 is 10.6. The van der Waals surface area contributed by atoms with Gasteiger partial charge in [0.1, 0.15) is 0 Å². The molecule has 1 aromatic rings. The highest BCUT2D eigenvalue weighted by atomic mass is 16.7. The van der Waals surface area contributed by atoms with Crippen LogP contribution in [-0.2, 0) is 9.47 Å². The lowest BCUT2D eigenvalue weighted by molar-refractivity contribution is -0.121. The molecular weight excluding hydrogens is 254 g/mol. The number of anilines is 1. The Morgan fingerprint density at radius 3 is 2.35 bits per heavy atom. The van der Waals surface area contributed by atoms with E-state index in [1.807, 2.05) is 12.4 Å². The topological polar surface area (TPSA) is 46.6 Å².